The number of amides is 1. The van der Waals surface area contributed by atoms with E-state index < -0.39 is 6.04 Å². The normalized spacial score (nSPS) is 11.9. The Balaban J connectivity index is 1.44. The molecule has 4 aromatic rings. The van der Waals surface area contributed by atoms with Crippen molar-refractivity contribution in [3.05, 3.63) is 71.1 Å². The van der Waals surface area contributed by atoms with Crippen LogP contribution >= 0.6 is 0 Å². The fourth-order valence-corrected chi connectivity index (χ4v) is 2.99. The fraction of sp³-hybridized carbons (Fsp3) is 0.190. The van der Waals surface area contributed by atoms with Crippen molar-refractivity contribution in [3.8, 4) is 17.1 Å². The third-order valence-corrected chi connectivity index (χ3v) is 4.58. The number of aromatic nitrogens is 4. The Labute approximate surface area is 171 Å². The minimum absolute atomic E-state index is 0.166. The highest BCUT2D eigenvalue weighted by molar-refractivity contribution is 5.79. The summed E-state index contributed by atoms with van der Waals surface area (Å²) < 4.78 is 11.7. The molecule has 1 atom stereocenters. The molecule has 0 unspecified atom stereocenters. The van der Waals surface area contributed by atoms with Gasteiger partial charge in [-0.15, -0.1) is 0 Å². The van der Waals surface area contributed by atoms with Crippen LogP contribution in [-0.2, 0) is 11.3 Å². The van der Waals surface area contributed by atoms with Crippen LogP contribution in [0.15, 0.2) is 64.2 Å². The van der Waals surface area contributed by atoms with Gasteiger partial charge >= 0.3 is 0 Å². The Morgan fingerprint density at radius 2 is 1.97 bits per heavy atom. The number of fused-ring (bicyclic) bond motifs is 1. The standard InChI is InChI=1S/C21H19N5O4/c1-13(20-24-19(25-30-20)14-7-9-15(29-2)10-8-14)23-18(27)11-26-12-22-17-6-4-3-5-16(17)21(26)28/h3-10,12-13H,11H2,1-2H3,(H,23,27)/t13-/m0/s1. The van der Waals surface area contributed by atoms with E-state index in [2.05, 4.69) is 20.4 Å². The van der Waals surface area contributed by atoms with Gasteiger partial charge in [0.1, 0.15) is 18.3 Å². The van der Waals surface area contributed by atoms with Crippen LogP contribution < -0.4 is 15.6 Å². The SMILES string of the molecule is COc1ccc(-c2noc([C@H](C)NC(=O)Cn3cnc4ccccc4c3=O)n2)cc1. The van der Waals surface area contributed by atoms with Crippen molar-refractivity contribution in [1.82, 2.24) is 25.0 Å². The van der Waals surface area contributed by atoms with Crippen LogP contribution in [-0.4, -0.2) is 32.7 Å². The van der Waals surface area contributed by atoms with Crippen molar-refractivity contribution >= 4 is 16.8 Å². The highest BCUT2D eigenvalue weighted by Gasteiger charge is 2.18. The van der Waals surface area contributed by atoms with Gasteiger partial charge in [-0.25, -0.2) is 4.98 Å². The zero-order valence-electron chi connectivity index (χ0n) is 16.4. The topological polar surface area (TPSA) is 112 Å². The van der Waals surface area contributed by atoms with E-state index in [1.165, 1.54) is 10.9 Å². The van der Waals surface area contributed by atoms with Gasteiger partial charge in [0, 0.05) is 5.56 Å². The van der Waals surface area contributed by atoms with Crippen molar-refractivity contribution in [3.63, 3.8) is 0 Å². The largest absolute Gasteiger partial charge is 0.497 e. The fourth-order valence-electron chi connectivity index (χ4n) is 2.99. The van der Waals surface area contributed by atoms with E-state index >= 15 is 0 Å². The average Bonchev–Trinajstić information content (AvgIpc) is 3.26. The third-order valence-electron chi connectivity index (χ3n) is 4.58. The van der Waals surface area contributed by atoms with Crippen LogP contribution in [0.3, 0.4) is 0 Å². The predicted molar refractivity (Wildman–Crippen MR) is 109 cm³/mol. The first-order valence-corrected chi connectivity index (χ1v) is 9.26. The maximum absolute atomic E-state index is 12.5. The summed E-state index contributed by atoms with van der Waals surface area (Å²) in [6.07, 6.45) is 1.36. The molecular formula is C21H19N5O4. The van der Waals surface area contributed by atoms with Crippen molar-refractivity contribution in [2.75, 3.05) is 7.11 Å². The van der Waals surface area contributed by atoms with Crippen LogP contribution in [0.5, 0.6) is 5.75 Å². The minimum Gasteiger partial charge on any atom is -0.497 e. The van der Waals surface area contributed by atoms with Gasteiger partial charge < -0.3 is 14.6 Å². The molecule has 0 fully saturated rings. The molecule has 2 heterocycles. The lowest BCUT2D eigenvalue weighted by atomic mass is 10.2. The van der Waals surface area contributed by atoms with Gasteiger partial charge in [0.25, 0.3) is 5.56 Å². The number of benzene rings is 2. The Bertz CT molecular complexity index is 1250. The highest BCUT2D eigenvalue weighted by Crippen LogP contribution is 2.21. The Kier molecular flexibility index (Phi) is 5.25. The Morgan fingerprint density at radius 1 is 1.20 bits per heavy atom. The van der Waals surface area contributed by atoms with Crippen LogP contribution in [0.1, 0.15) is 18.9 Å². The molecule has 1 amide bonds. The van der Waals surface area contributed by atoms with Crippen LogP contribution in [0, 0.1) is 0 Å². The number of rotatable bonds is 6. The first kappa shape index (κ1) is 19.3. The number of ether oxygens (including phenoxy) is 1. The number of nitrogens with zero attached hydrogens (tertiary/aromatic N) is 4. The van der Waals surface area contributed by atoms with E-state index in [0.29, 0.717) is 16.7 Å². The summed E-state index contributed by atoms with van der Waals surface area (Å²) in [5.74, 6) is 1.02. The predicted octanol–water partition coefficient (Wildman–Crippen LogP) is 2.33. The van der Waals surface area contributed by atoms with Gasteiger partial charge in [0.15, 0.2) is 0 Å². The highest BCUT2D eigenvalue weighted by atomic mass is 16.5. The molecule has 0 radical (unpaired) electrons. The molecule has 2 aromatic carbocycles. The van der Waals surface area contributed by atoms with Crippen molar-refractivity contribution in [2.45, 2.75) is 19.5 Å². The van der Waals surface area contributed by atoms with Crippen LogP contribution in [0.4, 0.5) is 0 Å². The van der Waals surface area contributed by atoms with Crippen molar-refractivity contribution < 1.29 is 14.1 Å². The molecule has 4 rings (SSSR count). The maximum Gasteiger partial charge on any atom is 0.261 e. The van der Waals surface area contributed by atoms with Gasteiger partial charge in [-0.3, -0.25) is 14.2 Å². The molecule has 1 N–H and O–H groups in total. The molecule has 30 heavy (non-hydrogen) atoms. The Morgan fingerprint density at radius 3 is 2.73 bits per heavy atom. The van der Waals surface area contributed by atoms with Crippen molar-refractivity contribution in [2.24, 2.45) is 0 Å². The van der Waals surface area contributed by atoms with Crippen LogP contribution in [0.2, 0.25) is 0 Å². The molecule has 9 nitrogen and oxygen atoms in total. The second-order valence-corrected chi connectivity index (χ2v) is 6.67. The second kappa shape index (κ2) is 8.16. The molecule has 152 valence electrons. The summed E-state index contributed by atoms with van der Waals surface area (Å²) >= 11 is 0. The summed E-state index contributed by atoms with van der Waals surface area (Å²) in [6, 6.07) is 13.7. The first-order valence-electron chi connectivity index (χ1n) is 9.26. The molecular weight excluding hydrogens is 386 g/mol. The quantitative estimate of drug-likeness (QED) is 0.524. The van der Waals surface area contributed by atoms with Crippen LogP contribution in [0.25, 0.3) is 22.3 Å². The number of hydrogen-bond donors (Lipinski definition) is 1. The van der Waals surface area contributed by atoms with Gasteiger partial charge in [0.05, 0.1) is 24.3 Å². The smallest absolute Gasteiger partial charge is 0.261 e. The second-order valence-electron chi connectivity index (χ2n) is 6.67. The van der Waals surface area contributed by atoms with Gasteiger partial charge in [-0.1, -0.05) is 17.3 Å². The first-order chi connectivity index (χ1) is 14.5. The molecule has 0 aliphatic rings. The Hall–Kier alpha value is -4.01. The van der Waals surface area contributed by atoms with Gasteiger partial charge in [0.2, 0.25) is 17.6 Å². The number of carbonyl (C=O) groups is 1. The summed E-state index contributed by atoms with van der Waals surface area (Å²) in [5, 5.41) is 7.18. The zero-order chi connectivity index (χ0) is 21.1. The van der Waals surface area contributed by atoms with Gasteiger partial charge in [-0.2, -0.15) is 4.98 Å². The van der Waals surface area contributed by atoms with Gasteiger partial charge in [-0.05, 0) is 43.3 Å². The van der Waals surface area contributed by atoms with E-state index in [4.69, 9.17) is 9.26 Å². The van der Waals surface area contributed by atoms with E-state index in [9.17, 15) is 9.59 Å². The molecule has 9 heteroatoms. The third kappa shape index (κ3) is 3.90. The molecule has 0 aliphatic carbocycles. The lowest BCUT2D eigenvalue weighted by molar-refractivity contribution is -0.122. The molecule has 2 aromatic heterocycles. The van der Waals surface area contributed by atoms with E-state index in [1.54, 1.807) is 50.4 Å². The summed E-state index contributed by atoms with van der Waals surface area (Å²) in [5.41, 5.74) is 1.07. The summed E-state index contributed by atoms with van der Waals surface area (Å²) in [7, 11) is 1.59. The molecule has 0 bridgehead atoms. The number of hydrogen-bond acceptors (Lipinski definition) is 7. The molecule has 0 saturated heterocycles. The maximum atomic E-state index is 12.5. The molecule has 0 saturated carbocycles. The lowest BCUT2D eigenvalue weighted by Gasteiger charge is -2.11. The zero-order valence-corrected chi connectivity index (χ0v) is 16.4. The average molecular weight is 405 g/mol. The number of carbonyl (C=O) groups excluding carboxylic acids is 1. The van der Waals surface area contributed by atoms with E-state index in [1.807, 2.05) is 12.1 Å². The summed E-state index contributed by atoms with van der Waals surface area (Å²) in [6.45, 7) is 1.56. The van der Waals surface area contributed by atoms with E-state index in [0.717, 1.165) is 11.3 Å². The number of para-hydroxylation sites is 1. The van der Waals surface area contributed by atoms with E-state index in [-0.39, 0.29) is 23.9 Å². The monoisotopic (exact) mass is 405 g/mol. The van der Waals surface area contributed by atoms with Crippen molar-refractivity contribution in [1.29, 1.82) is 0 Å². The number of nitrogens with one attached hydrogen (secondary N) is 1. The summed E-state index contributed by atoms with van der Waals surface area (Å²) in [4.78, 5) is 33.5. The lowest BCUT2D eigenvalue weighted by Crippen LogP contribution is -2.34. The molecule has 0 spiro atoms. The molecule has 0 aliphatic heterocycles. The number of methoxy groups -OCH3 is 1. The minimum atomic E-state index is -0.527.